The van der Waals surface area contributed by atoms with Crippen LogP contribution >= 0.6 is 0 Å². The number of aromatic nitrogens is 2. The molecule has 1 atom stereocenters. The number of carbonyl (C=O) groups is 3. The smallest absolute Gasteiger partial charge is 0.270 e. The van der Waals surface area contributed by atoms with Gasteiger partial charge in [-0.05, 0) is 57.2 Å². The number of rotatable bonds is 5. The Kier molecular flexibility index (Phi) is 6.19. The Morgan fingerprint density at radius 2 is 2.03 bits per heavy atom. The molecule has 0 saturated heterocycles. The van der Waals surface area contributed by atoms with Crippen LogP contribution in [0.25, 0.3) is 11.4 Å². The maximum absolute atomic E-state index is 13.0. The van der Waals surface area contributed by atoms with Crippen LogP contribution in [0.2, 0.25) is 0 Å². The van der Waals surface area contributed by atoms with Crippen LogP contribution in [0.4, 0.5) is 0 Å². The van der Waals surface area contributed by atoms with Crippen molar-refractivity contribution in [3.63, 3.8) is 0 Å². The van der Waals surface area contributed by atoms with Crippen LogP contribution in [0.15, 0.2) is 18.2 Å². The number of imidazole rings is 1. The highest BCUT2D eigenvalue weighted by Crippen LogP contribution is 2.52. The minimum atomic E-state index is -1.42. The maximum atomic E-state index is 13.0. The molecule has 1 aliphatic carbocycles. The molecule has 178 valence electrons. The lowest BCUT2D eigenvalue weighted by atomic mass is 9.75. The molecule has 2 bridgehead atoms. The van der Waals surface area contributed by atoms with Gasteiger partial charge in [0.25, 0.3) is 17.7 Å². The van der Waals surface area contributed by atoms with Crippen LogP contribution in [0.3, 0.4) is 0 Å². The van der Waals surface area contributed by atoms with E-state index in [1.165, 1.54) is 4.90 Å². The Hall–Kier alpha value is -3.64. The Bertz CT molecular complexity index is 1230. The second kappa shape index (κ2) is 8.95. The largest absolute Gasteiger partial charge is 0.372 e. The van der Waals surface area contributed by atoms with E-state index in [4.69, 9.17) is 5.73 Å². The molecule has 2 aromatic rings. The molecule has 9 nitrogen and oxygen atoms in total. The molecule has 3 amide bonds. The topological polar surface area (TPSA) is 131 Å². The van der Waals surface area contributed by atoms with E-state index in [1.807, 2.05) is 43.5 Å². The average molecular weight is 464 g/mol. The van der Waals surface area contributed by atoms with E-state index in [-0.39, 0.29) is 29.4 Å². The highest BCUT2D eigenvalue weighted by Gasteiger charge is 2.42. The van der Waals surface area contributed by atoms with Gasteiger partial charge in [0.2, 0.25) is 0 Å². The van der Waals surface area contributed by atoms with E-state index in [1.54, 1.807) is 7.05 Å². The third-order valence-electron chi connectivity index (χ3n) is 6.43. The summed E-state index contributed by atoms with van der Waals surface area (Å²) in [5, 5.41) is 13.0. The third kappa shape index (κ3) is 4.05. The lowest BCUT2D eigenvalue weighted by molar-refractivity contribution is -0.135. The first-order chi connectivity index (χ1) is 16.1. The molecule has 3 aliphatic rings. The van der Waals surface area contributed by atoms with Crippen LogP contribution in [-0.2, 0) is 4.79 Å². The number of amides is 3. The SMILES string of the molecule is CCN(C)C(=O)C(O)C#Cc1ccc2c(c1)-c1nc(C(N)=O)c(C(=O)NC(C)C)n1C1CC2C1. The van der Waals surface area contributed by atoms with Crippen molar-refractivity contribution in [1.82, 2.24) is 19.8 Å². The molecule has 4 N–H and O–H groups in total. The van der Waals surface area contributed by atoms with E-state index >= 15 is 0 Å². The first kappa shape index (κ1) is 23.5. The van der Waals surface area contributed by atoms with Gasteiger partial charge in [-0.25, -0.2) is 4.98 Å². The van der Waals surface area contributed by atoms with Crippen molar-refractivity contribution >= 4 is 17.7 Å². The van der Waals surface area contributed by atoms with Gasteiger partial charge in [-0.2, -0.15) is 0 Å². The number of nitrogens with two attached hydrogens (primary N) is 1. The molecule has 1 saturated carbocycles. The monoisotopic (exact) mass is 463 g/mol. The number of aliphatic hydroxyl groups is 1. The number of benzene rings is 1. The number of hydrogen-bond acceptors (Lipinski definition) is 5. The number of nitrogens with one attached hydrogen (secondary N) is 1. The molecule has 0 radical (unpaired) electrons. The van der Waals surface area contributed by atoms with E-state index in [0.717, 1.165) is 24.0 Å². The summed E-state index contributed by atoms with van der Waals surface area (Å²) in [6.45, 7) is 5.97. The normalized spacial score (nSPS) is 18.4. The summed E-state index contributed by atoms with van der Waals surface area (Å²) in [5.74, 6) is 4.69. The zero-order chi connectivity index (χ0) is 24.7. The first-order valence-corrected chi connectivity index (χ1v) is 11.4. The lowest BCUT2D eigenvalue weighted by Crippen LogP contribution is -2.35. The van der Waals surface area contributed by atoms with Gasteiger partial charge in [0.05, 0.1) is 0 Å². The molecule has 1 aromatic carbocycles. The minimum Gasteiger partial charge on any atom is -0.372 e. The van der Waals surface area contributed by atoms with Crippen LogP contribution in [0.1, 0.15) is 77.7 Å². The summed E-state index contributed by atoms with van der Waals surface area (Å²) in [4.78, 5) is 43.3. The van der Waals surface area contributed by atoms with Gasteiger partial charge >= 0.3 is 0 Å². The van der Waals surface area contributed by atoms with Crippen LogP contribution in [0.5, 0.6) is 0 Å². The van der Waals surface area contributed by atoms with Crippen molar-refractivity contribution in [3.8, 4) is 23.2 Å². The van der Waals surface area contributed by atoms with Gasteiger partial charge in [0.1, 0.15) is 11.5 Å². The molecule has 1 fully saturated rings. The molecule has 3 heterocycles. The minimum absolute atomic E-state index is 0.0412. The third-order valence-corrected chi connectivity index (χ3v) is 6.43. The molecule has 5 rings (SSSR count). The van der Waals surface area contributed by atoms with Crippen molar-refractivity contribution in [2.24, 2.45) is 5.73 Å². The second-order valence-corrected chi connectivity index (χ2v) is 9.14. The number of hydrogen-bond donors (Lipinski definition) is 3. The van der Waals surface area contributed by atoms with Gasteiger partial charge < -0.3 is 25.6 Å². The van der Waals surface area contributed by atoms with Gasteiger partial charge in [-0.15, -0.1) is 0 Å². The van der Waals surface area contributed by atoms with Crippen LogP contribution < -0.4 is 11.1 Å². The van der Waals surface area contributed by atoms with Gasteiger partial charge in [-0.3, -0.25) is 14.4 Å². The second-order valence-electron chi connectivity index (χ2n) is 9.14. The fourth-order valence-electron chi connectivity index (χ4n) is 4.51. The predicted molar refractivity (Wildman–Crippen MR) is 126 cm³/mol. The number of carbonyl (C=O) groups excluding carboxylic acids is 3. The van der Waals surface area contributed by atoms with Gasteiger partial charge in [-0.1, -0.05) is 17.9 Å². The lowest BCUT2D eigenvalue weighted by Gasteiger charge is -2.35. The van der Waals surface area contributed by atoms with Crippen molar-refractivity contribution in [1.29, 1.82) is 0 Å². The summed E-state index contributed by atoms with van der Waals surface area (Å²) in [7, 11) is 1.60. The molecule has 1 unspecified atom stereocenters. The van der Waals surface area contributed by atoms with Crippen molar-refractivity contribution in [2.45, 2.75) is 57.7 Å². The average Bonchev–Trinajstić information content (AvgIpc) is 3.04. The molecular formula is C25H29N5O4. The van der Waals surface area contributed by atoms with Crippen molar-refractivity contribution in [3.05, 3.63) is 40.7 Å². The quantitative estimate of drug-likeness (QED) is 0.577. The molecule has 0 spiro atoms. The summed E-state index contributed by atoms with van der Waals surface area (Å²) < 4.78 is 1.84. The van der Waals surface area contributed by atoms with Crippen LogP contribution in [-0.4, -0.2) is 63.0 Å². The molecular weight excluding hydrogens is 434 g/mol. The fraction of sp³-hybridized carbons (Fsp3) is 0.440. The first-order valence-electron chi connectivity index (χ1n) is 11.4. The summed E-state index contributed by atoms with van der Waals surface area (Å²) in [5.41, 5.74) is 8.17. The maximum Gasteiger partial charge on any atom is 0.270 e. The highest BCUT2D eigenvalue weighted by atomic mass is 16.3. The Labute approximate surface area is 198 Å². The number of likely N-dealkylation sites (N-methyl/N-ethyl adjacent to an activating group) is 1. The van der Waals surface area contributed by atoms with E-state index < -0.39 is 17.9 Å². The predicted octanol–water partition coefficient (Wildman–Crippen LogP) is 1.41. The highest BCUT2D eigenvalue weighted by molar-refractivity contribution is 6.05. The summed E-state index contributed by atoms with van der Waals surface area (Å²) in [6, 6.07) is 5.57. The molecule has 1 aromatic heterocycles. The zero-order valence-electron chi connectivity index (χ0n) is 19.8. The fourth-order valence-corrected chi connectivity index (χ4v) is 4.51. The molecule has 9 heteroatoms. The van der Waals surface area contributed by atoms with E-state index in [0.29, 0.717) is 23.9 Å². The number of primary amides is 1. The van der Waals surface area contributed by atoms with Gasteiger partial charge in [0, 0.05) is 36.8 Å². The van der Waals surface area contributed by atoms with Gasteiger partial charge in [0.15, 0.2) is 11.8 Å². The van der Waals surface area contributed by atoms with Crippen molar-refractivity contribution in [2.75, 3.05) is 13.6 Å². The Balaban J connectivity index is 1.80. The summed E-state index contributed by atoms with van der Waals surface area (Å²) >= 11 is 0. The van der Waals surface area contributed by atoms with Crippen molar-refractivity contribution < 1.29 is 19.5 Å². The summed E-state index contributed by atoms with van der Waals surface area (Å²) in [6.07, 6.45) is 0.238. The Morgan fingerprint density at radius 1 is 1.32 bits per heavy atom. The number of nitrogens with zero attached hydrogens (tertiary/aromatic N) is 3. The molecule has 2 aliphatic heterocycles. The van der Waals surface area contributed by atoms with E-state index in [2.05, 4.69) is 22.1 Å². The molecule has 34 heavy (non-hydrogen) atoms. The Morgan fingerprint density at radius 3 is 2.65 bits per heavy atom. The zero-order valence-corrected chi connectivity index (χ0v) is 19.8. The van der Waals surface area contributed by atoms with E-state index in [9.17, 15) is 19.5 Å². The number of aliphatic hydroxyl groups excluding tert-OH is 1. The standard InChI is InChI=1S/C25H29N5O4/c1-5-29(4)25(34)19(31)9-7-14-6-8-17-15-11-16(12-15)30-21(24(33)27-13(2)3)20(22(26)32)28-23(30)18(17)10-14/h6,8,10,13,15-16,19,31H,5,11-12H2,1-4H3,(H2,26,32)(H,27,33). The van der Waals surface area contributed by atoms with Crippen LogP contribution in [0, 0.1) is 11.8 Å².